The van der Waals surface area contributed by atoms with E-state index in [9.17, 15) is 19.5 Å². The number of aromatic carboxylic acids is 3. The zero-order valence-electron chi connectivity index (χ0n) is 11.0. The minimum atomic E-state index is -1.22. The first-order valence-corrected chi connectivity index (χ1v) is 6.82. The van der Waals surface area contributed by atoms with Crippen LogP contribution in [-0.2, 0) is 0 Å². The summed E-state index contributed by atoms with van der Waals surface area (Å²) in [5.74, 6) is -3.55. The summed E-state index contributed by atoms with van der Waals surface area (Å²) in [5, 5.41) is 27.3. The van der Waals surface area contributed by atoms with Crippen LogP contribution in [0.5, 0.6) is 0 Å². The van der Waals surface area contributed by atoms with Crippen LogP contribution >= 0.6 is 11.8 Å². The molecule has 0 atom stereocenters. The second-order valence-electron chi connectivity index (χ2n) is 4.22. The van der Waals surface area contributed by atoms with Crippen molar-refractivity contribution in [2.45, 2.75) is 9.79 Å². The number of rotatable bonds is 5. The molecule has 0 aliphatic rings. The Hall–Kier alpha value is -2.80. The molecule has 2 aromatic rings. The van der Waals surface area contributed by atoms with Gasteiger partial charge in [0.05, 0.1) is 16.7 Å². The van der Waals surface area contributed by atoms with Crippen LogP contribution in [0.2, 0.25) is 0 Å². The summed E-state index contributed by atoms with van der Waals surface area (Å²) < 4.78 is 0. The average Bonchev–Trinajstić information content (AvgIpc) is 2.47. The zero-order valence-corrected chi connectivity index (χ0v) is 11.8. The molecule has 0 saturated heterocycles. The van der Waals surface area contributed by atoms with E-state index < -0.39 is 17.9 Å². The van der Waals surface area contributed by atoms with E-state index in [-0.39, 0.29) is 21.6 Å². The van der Waals surface area contributed by atoms with Gasteiger partial charge < -0.3 is 15.3 Å². The molecule has 0 spiro atoms. The highest BCUT2D eigenvalue weighted by atomic mass is 32.2. The number of carboxylic acid groups (broad SMARTS) is 3. The first kappa shape index (κ1) is 15.6. The molecule has 22 heavy (non-hydrogen) atoms. The van der Waals surface area contributed by atoms with E-state index >= 15 is 0 Å². The van der Waals surface area contributed by atoms with Crippen molar-refractivity contribution in [2.24, 2.45) is 0 Å². The maximum absolute atomic E-state index is 11.2. The Balaban J connectivity index is 2.52. The molecule has 112 valence electrons. The molecule has 7 heteroatoms. The number of carboxylic acids is 3. The van der Waals surface area contributed by atoms with E-state index in [1.165, 1.54) is 30.3 Å². The molecule has 0 aromatic heterocycles. The number of hydrogen-bond donors (Lipinski definition) is 3. The largest absolute Gasteiger partial charge is 0.478 e. The van der Waals surface area contributed by atoms with Crippen LogP contribution in [0.3, 0.4) is 0 Å². The smallest absolute Gasteiger partial charge is 0.336 e. The van der Waals surface area contributed by atoms with Crippen LogP contribution in [0.15, 0.2) is 52.3 Å². The van der Waals surface area contributed by atoms with Gasteiger partial charge in [0.15, 0.2) is 0 Å². The molecule has 2 rings (SSSR count). The fraction of sp³-hybridized carbons (Fsp3) is 0. The predicted molar refractivity (Wildman–Crippen MR) is 77.9 cm³/mol. The summed E-state index contributed by atoms with van der Waals surface area (Å²) in [4.78, 5) is 33.9. The number of hydrogen-bond acceptors (Lipinski definition) is 4. The third kappa shape index (κ3) is 3.26. The van der Waals surface area contributed by atoms with E-state index in [1.807, 2.05) is 0 Å². The average molecular weight is 318 g/mol. The molecule has 0 heterocycles. The van der Waals surface area contributed by atoms with E-state index in [4.69, 9.17) is 10.2 Å². The van der Waals surface area contributed by atoms with Crippen molar-refractivity contribution in [3.8, 4) is 0 Å². The normalized spacial score (nSPS) is 10.2. The fourth-order valence-corrected chi connectivity index (χ4v) is 2.87. The van der Waals surface area contributed by atoms with Gasteiger partial charge in [0.1, 0.15) is 0 Å². The summed E-state index contributed by atoms with van der Waals surface area (Å²) in [6.07, 6.45) is 0. The summed E-state index contributed by atoms with van der Waals surface area (Å²) in [6.45, 7) is 0. The highest BCUT2D eigenvalue weighted by Gasteiger charge is 2.17. The van der Waals surface area contributed by atoms with Gasteiger partial charge in [0.25, 0.3) is 0 Å². The quantitative estimate of drug-likeness (QED) is 0.777. The highest BCUT2D eigenvalue weighted by molar-refractivity contribution is 7.99. The van der Waals surface area contributed by atoms with Crippen LogP contribution in [0.4, 0.5) is 0 Å². The Bertz CT molecular complexity index is 768. The molecule has 0 saturated carbocycles. The maximum Gasteiger partial charge on any atom is 0.336 e. The van der Waals surface area contributed by atoms with Gasteiger partial charge >= 0.3 is 17.9 Å². The van der Waals surface area contributed by atoms with Crippen molar-refractivity contribution in [3.63, 3.8) is 0 Å². The van der Waals surface area contributed by atoms with Crippen LogP contribution in [-0.4, -0.2) is 33.2 Å². The van der Waals surface area contributed by atoms with Crippen molar-refractivity contribution in [2.75, 3.05) is 0 Å². The molecule has 0 amide bonds. The second kappa shape index (κ2) is 6.31. The summed E-state index contributed by atoms with van der Waals surface area (Å²) in [6, 6.07) is 9.71. The fourth-order valence-electron chi connectivity index (χ4n) is 1.77. The Morgan fingerprint density at radius 1 is 0.727 bits per heavy atom. The molecule has 6 nitrogen and oxygen atoms in total. The van der Waals surface area contributed by atoms with Gasteiger partial charge in [-0.3, -0.25) is 0 Å². The molecule has 0 radical (unpaired) electrons. The van der Waals surface area contributed by atoms with Gasteiger partial charge in [0.2, 0.25) is 0 Å². The minimum Gasteiger partial charge on any atom is -0.478 e. The monoisotopic (exact) mass is 318 g/mol. The van der Waals surface area contributed by atoms with Gasteiger partial charge in [-0.2, -0.15) is 0 Å². The number of benzene rings is 2. The van der Waals surface area contributed by atoms with Crippen LogP contribution in [0, 0.1) is 0 Å². The van der Waals surface area contributed by atoms with Crippen LogP contribution in [0.1, 0.15) is 31.1 Å². The van der Waals surface area contributed by atoms with Gasteiger partial charge in [-0.05, 0) is 30.3 Å². The van der Waals surface area contributed by atoms with E-state index in [1.54, 1.807) is 12.1 Å². The Kier molecular flexibility index (Phi) is 4.47. The first-order valence-electron chi connectivity index (χ1n) is 6.01. The molecule has 0 fully saturated rings. The SMILES string of the molecule is O=C(O)c1ccc(C(=O)O)c(Sc2ccccc2C(=O)O)c1. The molecule has 3 N–H and O–H groups in total. The van der Waals surface area contributed by atoms with Gasteiger partial charge in [-0.25, -0.2) is 14.4 Å². The highest BCUT2D eigenvalue weighted by Crippen LogP contribution is 2.33. The molecular weight excluding hydrogens is 308 g/mol. The molecule has 0 aliphatic carbocycles. The standard InChI is InChI=1S/C15H10O6S/c16-13(17)8-5-6-10(15(20)21)12(7-8)22-11-4-2-1-3-9(11)14(18)19/h1-7H,(H,16,17)(H,18,19)(H,20,21). The lowest BCUT2D eigenvalue weighted by atomic mass is 10.1. The second-order valence-corrected chi connectivity index (χ2v) is 5.31. The molecule has 0 unspecified atom stereocenters. The zero-order chi connectivity index (χ0) is 16.3. The van der Waals surface area contributed by atoms with E-state index in [2.05, 4.69) is 0 Å². The summed E-state index contributed by atoms with van der Waals surface area (Å²) in [5.41, 5.74) is -0.139. The van der Waals surface area contributed by atoms with Crippen molar-refractivity contribution in [1.82, 2.24) is 0 Å². The summed E-state index contributed by atoms with van der Waals surface area (Å²) >= 11 is 0.904. The lowest BCUT2D eigenvalue weighted by Gasteiger charge is -2.09. The van der Waals surface area contributed by atoms with Crippen molar-refractivity contribution in [3.05, 3.63) is 59.2 Å². The van der Waals surface area contributed by atoms with Crippen LogP contribution in [0.25, 0.3) is 0 Å². The third-order valence-corrected chi connectivity index (χ3v) is 3.93. The lowest BCUT2D eigenvalue weighted by Crippen LogP contribution is -2.04. The molecule has 0 aliphatic heterocycles. The minimum absolute atomic E-state index is 0.0181. The van der Waals surface area contributed by atoms with Crippen LogP contribution < -0.4 is 0 Å². The molecule has 2 aromatic carbocycles. The first-order chi connectivity index (χ1) is 10.4. The Labute approximate surface area is 129 Å². The van der Waals surface area contributed by atoms with Gasteiger partial charge in [-0.15, -0.1) is 0 Å². The van der Waals surface area contributed by atoms with Crippen molar-refractivity contribution < 1.29 is 29.7 Å². The third-order valence-electron chi connectivity index (χ3n) is 2.80. The van der Waals surface area contributed by atoms with Gasteiger partial charge in [-0.1, -0.05) is 23.9 Å². The molecular formula is C15H10O6S. The van der Waals surface area contributed by atoms with Crippen molar-refractivity contribution >= 4 is 29.7 Å². The van der Waals surface area contributed by atoms with Gasteiger partial charge in [0, 0.05) is 9.79 Å². The molecule has 0 bridgehead atoms. The van der Waals surface area contributed by atoms with Crippen molar-refractivity contribution in [1.29, 1.82) is 0 Å². The van der Waals surface area contributed by atoms with E-state index in [0.29, 0.717) is 4.90 Å². The Morgan fingerprint density at radius 3 is 1.91 bits per heavy atom. The Morgan fingerprint density at radius 2 is 1.32 bits per heavy atom. The lowest BCUT2D eigenvalue weighted by molar-refractivity contribution is 0.0678. The summed E-state index contributed by atoms with van der Waals surface area (Å²) in [7, 11) is 0. The van der Waals surface area contributed by atoms with E-state index in [0.717, 1.165) is 11.8 Å². The maximum atomic E-state index is 11.2. The number of carbonyl (C=O) groups is 3. The topological polar surface area (TPSA) is 112 Å². The predicted octanol–water partition coefficient (Wildman–Crippen LogP) is 2.93.